The molecule has 2 aromatic carbocycles. The first-order valence-corrected chi connectivity index (χ1v) is 9.62. The number of aldehydes is 1. The highest BCUT2D eigenvalue weighted by atomic mass is 16.5. The van der Waals surface area contributed by atoms with E-state index in [0.29, 0.717) is 0 Å². The van der Waals surface area contributed by atoms with Crippen molar-refractivity contribution in [2.24, 2.45) is 5.73 Å². The monoisotopic (exact) mass is 398 g/mol. The highest BCUT2D eigenvalue weighted by Gasteiger charge is 1.89. The van der Waals surface area contributed by atoms with Crippen molar-refractivity contribution >= 4 is 18.4 Å². The van der Waals surface area contributed by atoms with Crippen molar-refractivity contribution < 1.29 is 14.3 Å². The molecule has 2 rings (SSSR count). The van der Waals surface area contributed by atoms with Crippen LogP contribution in [0.2, 0.25) is 0 Å². The van der Waals surface area contributed by atoms with Crippen LogP contribution >= 0.6 is 0 Å². The van der Waals surface area contributed by atoms with Crippen LogP contribution in [0, 0.1) is 0 Å². The number of carbonyl (C=O) groups is 1. The number of likely N-dealkylation sites (N-methyl/N-ethyl adjacent to an activating group) is 1. The molecule has 29 heavy (non-hydrogen) atoms. The third-order valence-electron chi connectivity index (χ3n) is 3.42. The van der Waals surface area contributed by atoms with E-state index >= 15 is 0 Å². The maximum atomic E-state index is 9.99. The molecule has 0 spiro atoms. The third-order valence-corrected chi connectivity index (χ3v) is 3.42. The van der Waals surface area contributed by atoms with Gasteiger partial charge in [-0.25, -0.2) is 0 Å². The third kappa shape index (κ3) is 13.9. The quantitative estimate of drug-likeness (QED) is 0.396. The van der Waals surface area contributed by atoms with E-state index in [1.165, 1.54) is 11.6 Å². The van der Waals surface area contributed by atoms with Crippen molar-refractivity contribution in [3.05, 3.63) is 71.8 Å². The fourth-order valence-electron chi connectivity index (χ4n) is 2.00. The molecular weight excluding hydrogens is 364 g/mol. The Morgan fingerprint density at radius 1 is 0.862 bits per heavy atom. The van der Waals surface area contributed by atoms with Gasteiger partial charge in [0.2, 0.25) is 0 Å². The Balaban J connectivity index is 0.000000481. The molecule has 0 aliphatic carbocycles. The minimum atomic E-state index is 0.750. The average Bonchev–Trinajstić information content (AvgIpc) is 2.77. The molecule has 0 atom stereocenters. The van der Waals surface area contributed by atoms with Gasteiger partial charge >= 0.3 is 0 Å². The van der Waals surface area contributed by atoms with Crippen molar-refractivity contribution in [2.75, 3.05) is 33.9 Å². The Morgan fingerprint density at radius 3 is 1.69 bits per heavy atom. The van der Waals surface area contributed by atoms with Crippen LogP contribution in [-0.4, -0.2) is 40.1 Å². The topological polar surface area (TPSA) is 73.6 Å². The fraction of sp³-hybridized carbons (Fsp3) is 0.292. The molecule has 0 aliphatic heterocycles. The van der Waals surface area contributed by atoms with E-state index in [-0.39, 0.29) is 0 Å². The van der Waals surface area contributed by atoms with Gasteiger partial charge in [0.1, 0.15) is 17.8 Å². The number of nitrogens with one attached hydrogen (secondary N) is 1. The second kappa shape index (κ2) is 18.5. The van der Waals surface area contributed by atoms with Crippen LogP contribution in [0.3, 0.4) is 0 Å². The molecule has 0 unspecified atom stereocenters. The van der Waals surface area contributed by atoms with E-state index in [1.54, 1.807) is 20.3 Å². The lowest BCUT2D eigenvalue weighted by molar-refractivity contribution is -0.104. The SMILES string of the molecule is CCN.CCNC/C=C/c1ccc(OC)cc1.COc1ccc(/C=C/C=O)cc1. The second-order valence-electron chi connectivity index (χ2n) is 5.66. The Hall–Kier alpha value is -2.89. The van der Waals surface area contributed by atoms with Gasteiger partial charge in [-0.3, -0.25) is 4.79 Å². The maximum Gasteiger partial charge on any atom is 0.142 e. The molecule has 0 aliphatic rings. The van der Waals surface area contributed by atoms with E-state index in [1.807, 2.05) is 55.5 Å². The first-order valence-electron chi connectivity index (χ1n) is 9.62. The van der Waals surface area contributed by atoms with Gasteiger partial charge in [-0.2, -0.15) is 0 Å². The summed E-state index contributed by atoms with van der Waals surface area (Å²) in [7, 11) is 3.30. The van der Waals surface area contributed by atoms with Crippen LogP contribution in [0.1, 0.15) is 25.0 Å². The average molecular weight is 399 g/mol. The molecule has 0 heterocycles. The summed E-state index contributed by atoms with van der Waals surface area (Å²) in [5.41, 5.74) is 7.03. The van der Waals surface area contributed by atoms with Gasteiger partial charge in [-0.05, 0) is 54.6 Å². The number of benzene rings is 2. The van der Waals surface area contributed by atoms with E-state index in [4.69, 9.17) is 15.2 Å². The summed E-state index contributed by atoms with van der Waals surface area (Å²) in [6.45, 7) is 6.68. The van der Waals surface area contributed by atoms with Gasteiger partial charge in [-0.1, -0.05) is 56.3 Å². The fourth-order valence-corrected chi connectivity index (χ4v) is 2.00. The normalized spacial score (nSPS) is 9.97. The molecule has 0 radical (unpaired) electrons. The summed E-state index contributed by atoms with van der Waals surface area (Å²) in [5.74, 6) is 1.71. The first-order chi connectivity index (χ1) is 14.1. The lowest BCUT2D eigenvalue weighted by Crippen LogP contribution is -2.11. The van der Waals surface area contributed by atoms with Gasteiger partial charge in [0.05, 0.1) is 14.2 Å². The number of hydrogen-bond acceptors (Lipinski definition) is 5. The zero-order chi connectivity index (χ0) is 21.7. The summed E-state index contributed by atoms with van der Waals surface area (Å²) in [6.07, 6.45) is 8.17. The molecule has 3 N–H and O–H groups in total. The Labute approximate surface area is 175 Å². The van der Waals surface area contributed by atoms with Crippen molar-refractivity contribution in [1.82, 2.24) is 5.32 Å². The first kappa shape index (κ1) is 26.1. The predicted octanol–water partition coefficient (Wildman–Crippen LogP) is 4.19. The largest absolute Gasteiger partial charge is 0.497 e. The number of hydrogen-bond donors (Lipinski definition) is 2. The Bertz CT molecular complexity index is 693. The number of ether oxygens (including phenoxy) is 2. The molecule has 158 valence electrons. The van der Waals surface area contributed by atoms with Crippen molar-refractivity contribution in [3.63, 3.8) is 0 Å². The van der Waals surface area contributed by atoms with Crippen molar-refractivity contribution in [1.29, 1.82) is 0 Å². The number of allylic oxidation sites excluding steroid dienone is 1. The Kier molecular flexibility index (Phi) is 16.6. The zero-order valence-electron chi connectivity index (χ0n) is 17.9. The molecule has 2 aromatic rings. The van der Waals surface area contributed by atoms with Crippen LogP contribution in [-0.2, 0) is 4.79 Å². The minimum Gasteiger partial charge on any atom is -0.497 e. The molecule has 5 nitrogen and oxygen atoms in total. The molecule has 0 saturated carbocycles. The van der Waals surface area contributed by atoms with E-state index in [9.17, 15) is 4.79 Å². The maximum absolute atomic E-state index is 9.99. The number of carbonyl (C=O) groups excluding carboxylic acids is 1. The molecule has 0 bridgehead atoms. The minimum absolute atomic E-state index is 0.750. The van der Waals surface area contributed by atoms with Crippen molar-refractivity contribution in [3.8, 4) is 11.5 Å². The Morgan fingerprint density at radius 2 is 1.31 bits per heavy atom. The van der Waals surface area contributed by atoms with E-state index in [0.717, 1.165) is 43.0 Å². The molecule has 0 amide bonds. The highest BCUT2D eigenvalue weighted by molar-refractivity contribution is 5.73. The van der Waals surface area contributed by atoms with Crippen molar-refractivity contribution in [2.45, 2.75) is 13.8 Å². The van der Waals surface area contributed by atoms with Gasteiger partial charge in [-0.15, -0.1) is 0 Å². The number of methoxy groups -OCH3 is 2. The van der Waals surface area contributed by atoms with Gasteiger partial charge in [0.15, 0.2) is 0 Å². The van der Waals surface area contributed by atoms with Gasteiger partial charge < -0.3 is 20.5 Å². The molecule has 5 heteroatoms. The predicted molar refractivity (Wildman–Crippen MR) is 123 cm³/mol. The molecular formula is C24H34N2O3. The zero-order valence-corrected chi connectivity index (χ0v) is 17.9. The van der Waals surface area contributed by atoms with Gasteiger partial charge in [0, 0.05) is 6.54 Å². The van der Waals surface area contributed by atoms with Crippen LogP contribution in [0.5, 0.6) is 11.5 Å². The van der Waals surface area contributed by atoms with Crippen LogP contribution in [0.4, 0.5) is 0 Å². The molecule has 0 saturated heterocycles. The molecule has 0 fully saturated rings. The lowest BCUT2D eigenvalue weighted by Gasteiger charge is -1.99. The summed E-state index contributed by atoms with van der Waals surface area (Å²) >= 11 is 0. The standard InChI is InChI=1S/C12H17NO.C10H10O2.C2H7N/c1-3-13-10-4-5-11-6-8-12(14-2)9-7-11;1-12-10-6-4-9(5-7-10)3-2-8-11;1-2-3/h4-9,13H,3,10H2,1-2H3;2-8H,1H3;2-3H2,1H3/b5-4+;3-2+;. The highest BCUT2D eigenvalue weighted by Crippen LogP contribution is 2.12. The van der Waals surface area contributed by atoms with Crippen LogP contribution in [0.25, 0.3) is 12.2 Å². The molecule has 0 aromatic heterocycles. The van der Waals surface area contributed by atoms with Crippen LogP contribution < -0.4 is 20.5 Å². The second-order valence-corrected chi connectivity index (χ2v) is 5.66. The number of nitrogens with two attached hydrogens (primary N) is 1. The smallest absolute Gasteiger partial charge is 0.142 e. The van der Waals surface area contributed by atoms with Gasteiger partial charge in [0.25, 0.3) is 0 Å². The summed E-state index contributed by atoms with van der Waals surface area (Å²) < 4.78 is 10.1. The van der Waals surface area contributed by atoms with E-state index < -0.39 is 0 Å². The van der Waals surface area contributed by atoms with Crippen LogP contribution in [0.15, 0.2) is 60.7 Å². The summed E-state index contributed by atoms with van der Waals surface area (Å²) in [5, 5.41) is 3.23. The summed E-state index contributed by atoms with van der Waals surface area (Å²) in [6, 6.07) is 15.5. The number of rotatable bonds is 8. The van der Waals surface area contributed by atoms with E-state index in [2.05, 4.69) is 24.4 Å². The lowest BCUT2D eigenvalue weighted by atomic mass is 10.2. The summed E-state index contributed by atoms with van der Waals surface area (Å²) in [4.78, 5) is 9.99.